The lowest BCUT2D eigenvalue weighted by molar-refractivity contribution is 0.102. The number of nitrogens with zero attached hydrogens (tertiary/aromatic N) is 1. The number of nitrogens with one attached hydrogen (secondary N) is 2. The molecule has 0 unspecified atom stereocenters. The Morgan fingerprint density at radius 3 is 2.54 bits per heavy atom. The van der Waals surface area contributed by atoms with Gasteiger partial charge in [0.2, 0.25) is 0 Å². The Bertz CT molecular complexity index is 934. The van der Waals surface area contributed by atoms with Gasteiger partial charge in [0.1, 0.15) is 0 Å². The van der Waals surface area contributed by atoms with Crippen LogP contribution in [0.5, 0.6) is 0 Å². The van der Waals surface area contributed by atoms with Gasteiger partial charge in [-0.15, -0.1) is 0 Å². The standard InChI is InChI=1S/C21H20ClN3O/c22-17-6-8-18(9-7-17)24-21(26)16-5-4-15-2-1-3-20(19(15)14-16)25-12-10-23-11-13-25/h1-9,14,23H,10-13H2,(H,24,26). The fourth-order valence-corrected chi connectivity index (χ4v) is 3.44. The van der Waals surface area contributed by atoms with Gasteiger partial charge in [-0.2, -0.15) is 0 Å². The Hall–Kier alpha value is -2.56. The van der Waals surface area contributed by atoms with Crippen LogP contribution in [0.4, 0.5) is 11.4 Å². The first-order chi connectivity index (χ1) is 12.7. The lowest BCUT2D eigenvalue weighted by atomic mass is 10.0. The Kier molecular flexibility index (Phi) is 4.78. The minimum absolute atomic E-state index is 0.121. The smallest absolute Gasteiger partial charge is 0.255 e. The van der Waals surface area contributed by atoms with Crippen LogP contribution in [-0.2, 0) is 0 Å². The molecular formula is C21H20ClN3O. The van der Waals surface area contributed by atoms with Crippen LogP contribution in [0.15, 0.2) is 60.7 Å². The van der Waals surface area contributed by atoms with Crippen LogP contribution in [0.2, 0.25) is 5.02 Å². The van der Waals surface area contributed by atoms with Crippen LogP contribution in [0, 0.1) is 0 Å². The molecule has 26 heavy (non-hydrogen) atoms. The lowest BCUT2D eigenvalue weighted by Gasteiger charge is -2.30. The number of rotatable bonds is 3. The molecule has 4 rings (SSSR count). The number of hydrogen-bond donors (Lipinski definition) is 2. The van der Waals surface area contributed by atoms with Gasteiger partial charge < -0.3 is 15.5 Å². The Labute approximate surface area is 157 Å². The van der Waals surface area contributed by atoms with Crippen molar-refractivity contribution in [2.75, 3.05) is 36.4 Å². The summed E-state index contributed by atoms with van der Waals surface area (Å²) in [5.41, 5.74) is 2.56. The highest BCUT2D eigenvalue weighted by molar-refractivity contribution is 6.30. The maximum Gasteiger partial charge on any atom is 0.255 e. The predicted molar refractivity (Wildman–Crippen MR) is 108 cm³/mol. The third kappa shape index (κ3) is 3.52. The number of carbonyl (C=O) groups excluding carboxylic acids is 1. The van der Waals surface area contributed by atoms with Crippen molar-refractivity contribution in [1.82, 2.24) is 5.32 Å². The normalized spacial score (nSPS) is 14.4. The molecule has 4 nitrogen and oxygen atoms in total. The van der Waals surface area contributed by atoms with E-state index in [1.807, 2.05) is 18.2 Å². The van der Waals surface area contributed by atoms with Crippen LogP contribution in [0.3, 0.4) is 0 Å². The predicted octanol–water partition coefficient (Wildman–Crippen LogP) is 4.16. The molecule has 1 amide bonds. The number of halogens is 1. The van der Waals surface area contributed by atoms with E-state index >= 15 is 0 Å². The number of carbonyl (C=O) groups is 1. The maximum absolute atomic E-state index is 12.7. The van der Waals surface area contributed by atoms with Crippen LogP contribution in [0.25, 0.3) is 10.8 Å². The molecule has 1 heterocycles. The Morgan fingerprint density at radius 2 is 1.77 bits per heavy atom. The molecule has 0 atom stereocenters. The van der Waals surface area contributed by atoms with E-state index in [0.717, 1.165) is 42.6 Å². The van der Waals surface area contributed by atoms with Gasteiger partial charge in [-0.25, -0.2) is 0 Å². The van der Waals surface area contributed by atoms with Gasteiger partial charge in [0.15, 0.2) is 0 Å². The highest BCUT2D eigenvalue weighted by Gasteiger charge is 2.14. The van der Waals surface area contributed by atoms with Gasteiger partial charge in [-0.3, -0.25) is 4.79 Å². The second kappa shape index (κ2) is 7.36. The summed E-state index contributed by atoms with van der Waals surface area (Å²) in [5, 5.41) is 9.21. The quantitative estimate of drug-likeness (QED) is 0.732. The SMILES string of the molecule is O=C(Nc1ccc(Cl)cc1)c1ccc2cccc(N3CCNCC3)c2c1. The summed E-state index contributed by atoms with van der Waals surface area (Å²) in [7, 11) is 0. The van der Waals surface area contributed by atoms with E-state index in [0.29, 0.717) is 10.6 Å². The molecule has 5 heteroatoms. The van der Waals surface area contributed by atoms with Crippen molar-refractivity contribution in [3.05, 3.63) is 71.2 Å². The van der Waals surface area contributed by atoms with Crippen molar-refractivity contribution in [3.8, 4) is 0 Å². The van der Waals surface area contributed by atoms with E-state index in [1.54, 1.807) is 24.3 Å². The van der Waals surface area contributed by atoms with E-state index in [9.17, 15) is 4.79 Å². The van der Waals surface area contributed by atoms with E-state index < -0.39 is 0 Å². The summed E-state index contributed by atoms with van der Waals surface area (Å²) in [4.78, 5) is 15.0. The molecule has 132 valence electrons. The molecule has 0 bridgehead atoms. The minimum atomic E-state index is -0.121. The highest BCUT2D eigenvalue weighted by Crippen LogP contribution is 2.28. The van der Waals surface area contributed by atoms with Crippen molar-refractivity contribution in [3.63, 3.8) is 0 Å². The molecule has 1 aliphatic heterocycles. The summed E-state index contributed by atoms with van der Waals surface area (Å²) in [5.74, 6) is -0.121. The number of anilines is 2. The minimum Gasteiger partial charge on any atom is -0.368 e. The summed E-state index contributed by atoms with van der Waals surface area (Å²) >= 11 is 5.90. The molecule has 2 N–H and O–H groups in total. The monoisotopic (exact) mass is 365 g/mol. The Balaban J connectivity index is 1.65. The molecule has 0 saturated carbocycles. The summed E-state index contributed by atoms with van der Waals surface area (Å²) in [6.07, 6.45) is 0. The van der Waals surface area contributed by atoms with Crippen molar-refractivity contribution in [1.29, 1.82) is 0 Å². The zero-order chi connectivity index (χ0) is 17.9. The molecule has 0 aliphatic carbocycles. The van der Waals surface area contributed by atoms with Crippen LogP contribution in [-0.4, -0.2) is 32.1 Å². The van der Waals surface area contributed by atoms with Gasteiger partial charge in [0, 0.05) is 53.5 Å². The topological polar surface area (TPSA) is 44.4 Å². The molecule has 0 spiro atoms. The van der Waals surface area contributed by atoms with Crippen molar-refractivity contribution >= 4 is 39.7 Å². The maximum atomic E-state index is 12.7. The first kappa shape index (κ1) is 16.9. The molecule has 1 aliphatic rings. The summed E-state index contributed by atoms with van der Waals surface area (Å²) in [6, 6.07) is 19.3. The Morgan fingerprint density at radius 1 is 1.00 bits per heavy atom. The molecule has 3 aromatic rings. The van der Waals surface area contributed by atoms with Crippen LogP contribution >= 0.6 is 11.6 Å². The zero-order valence-electron chi connectivity index (χ0n) is 14.3. The number of hydrogen-bond acceptors (Lipinski definition) is 3. The highest BCUT2D eigenvalue weighted by atomic mass is 35.5. The summed E-state index contributed by atoms with van der Waals surface area (Å²) < 4.78 is 0. The average molecular weight is 366 g/mol. The molecule has 3 aromatic carbocycles. The largest absolute Gasteiger partial charge is 0.368 e. The third-order valence-corrected chi connectivity index (χ3v) is 4.93. The fraction of sp³-hybridized carbons (Fsp3) is 0.190. The van der Waals surface area contributed by atoms with Gasteiger partial charge in [0.05, 0.1) is 0 Å². The van der Waals surface area contributed by atoms with E-state index in [1.165, 1.54) is 5.69 Å². The second-order valence-electron chi connectivity index (χ2n) is 6.41. The summed E-state index contributed by atoms with van der Waals surface area (Å²) in [6.45, 7) is 3.90. The number of benzene rings is 3. The van der Waals surface area contributed by atoms with E-state index in [4.69, 9.17) is 11.6 Å². The van der Waals surface area contributed by atoms with Gasteiger partial charge >= 0.3 is 0 Å². The van der Waals surface area contributed by atoms with Crippen LogP contribution in [0.1, 0.15) is 10.4 Å². The lowest BCUT2D eigenvalue weighted by Crippen LogP contribution is -2.43. The zero-order valence-corrected chi connectivity index (χ0v) is 15.1. The average Bonchev–Trinajstić information content (AvgIpc) is 2.69. The van der Waals surface area contributed by atoms with Crippen molar-refractivity contribution in [2.45, 2.75) is 0 Å². The third-order valence-electron chi connectivity index (χ3n) is 4.68. The van der Waals surface area contributed by atoms with E-state index in [2.05, 4.69) is 33.7 Å². The van der Waals surface area contributed by atoms with Crippen molar-refractivity contribution < 1.29 is 4.79 Å². The number of piperazine rings is 1. The first-order valence-electron chi connectivity index (χ1n) is 8.76. The first-order valence-corrected chi connectivity index (χ1v) is 9.14. The fourth-order valence-electron chi connectivity index (χ4n) is 3.32. The molecule has 1 fully saturated rings. The molecule has 0 aromatic heterocycles. The second-order valence-corrected chi connectivity index (χ2v) is 6.85. The van der Waals surface area contributed by atoms with Gasteiger partial charge in [0.25, 0.3) is 5.91 Å². The molecule has 1 saturated heterocycles. The molecule has 0 radical (unpaired) electrons. The van der Waals surface area contributed by atoms with Gasteiger partial charge in [-0.1, -0.05) is 29.8 Å². The van der Waals surface area contributed by atoms with Gasteiger partial charge in [-0.05, 0) is 47.9 Å². The number of amides is 1. The molecular weight excluding hydrogens is 346 g/mol. The van der Waals surface area contributed by atoms with E-state index in [-0.39, 0.29) is 5.91 Å². The number of fused-ring (bicyclic) bond motifs is 1. The van der Waals surface area contributed by atoms with Crippen LogP contribution < -0.4 is 15.5 Å². The van der Waals surface area contributed by atoms with Crippen molar-refractivity contribution in [2.24, 2.45) is 0 Å².